The summed E-state index contributed by atoms with van der Waals surface area (Å²) in [7, 11) is 0. The quantitative estimate of drug-likeness (QED) is 0.603. The number of rotatable bonds is 2. The van der Waals surface area contributed by atoms with E-state index in [9.17, 15) is 0 Å². The number of allylic oxidation sites excluding steroid dienone is 1. The van der Waals surface area contributed by atoms with Gasteiger partial charge in [-0.05, 0) is 52.9 Å². The molecule has 0 aliphatic rings. The fraction of sp³-hybridized carbons (Fsp3) is 0.429. The number of hydrogen-bond acceptors (Lipinski definition) is 1. The Morgan fingerprint density at radius 2 is 1.76 bits per heavy atom. The van der Waals surface area contributed by atoms with Crippen molar-refractivity contribution in [3.05, 3.63) is 38.5 Å². The average molecular weight is 362 g/mol. The van der Waals surface area contributed by atoms with E-state index in [-0.39, 0.29) is 5.41 Å². The van der Waals surface area contributed by atoms with Crippen molar-refractivity contribution < 1.29 is 4.74 Å². The van der Waals surface area contributed by atoms with E-state index in [1.165, 1.54) is 5.56 Å². The zero-order valence-corrected chi connectivity index (χ0v) is 14.1. The maximum atomic E-state index is 5.78. The molecule has 0 saturated heterocycles. The van der Waals surface area contributed by atoms with E-state index in [2.05, 4.69) is 58.7 Å². The fourth-order valence-corrected chi connectivity index (χ4v) is 2.73. The minimum absolute atomic E-state index is 0.0388. The summed E-state index contributed by atoms with van der Waals surface area (Å²) in [4.78, 5) is 0. The molecule has 1 rings (SSSR count). The molecule has 0 atom stereocenters. The van der Waals surface area contributed by atoms with Gasteiger partial charge in [0.15, 0.2) is 0 Å². The molecule has 0 fully saturated rings. The van der Waals surface area contributed by atoms with Crippen LogP contribution in [0.25, 0.3) is 0 Å². The molecule has 0 spiro atoms. The number of ether oxygens (including phenoxy) is 1. The van der Waals surface area contributed by atoms with E-state index in [1.807, 2.05) is 19.9 Å². The largest absolute Gasteiger partial charge is 0.464 e. The second-order valence-electron chi connectivity index (χ2n) is 5.33. The first-order valence-electron chi connectivity index (χ1n) is 5.51. The Morgan fingerprint density at radius 3 is 2.24 bits per heavy atom. The monoisotopic (exact) mass is 360 g/mol. The third-order valence-electron chi connectivity index (χ3n) is 2.23. The molecule has 0 aliphatic carbocycles. The van der Waals surface area contributed by atoms with Crippen LogP contribution in [0.2, 0.25) is 0 Å². The van der Waals surface area contributed by atoms with Gasteiger partial charge in [-0.25, -0.2) is 0 Å². The van der Waals surface area contributed by atoms with E-state index >= 15 is 0 Å². The molecule has 0 bridgehead atoms. The maximum absolute atomic E-state index is 5.78. The van der Waals surface area contributed by atoms with E-state index < -0.39 is 0 Å². The van der Waals surface area contributed by atoms with Gasteiger partial charge in [-0.1, -0.05) is 36.7 Å². The van der Waals surface area contributed by atoms with Crippen LogP contribution in [-0.2, 0) is 5.41 Å². The summed E-state index contributed by atoms with van der Waals surface area (Å²) in [5.74, 6) is 0.891. The number of halogens is 2. The first kappa shape index (κ1) is 14.8. The van der Waals surface area contributed by atoms with Gasteiger partial charge < -0.3 is 4.74 Å². The van der Waals surface area contributed by atoms with Crippen molar-refractivity contribution >= 4 is 31.9 Å². The zero-order chi connectivity index (χ0) is 13.2. The summed E-state index contributed by atoms with van der Waals surface area (Å²) in [6, 6.07) is 4.11. The lowest BCUT2D eigenvalue weighted by Crippen LogP contribution is -2.13. The van der Waals surface area contributed by atoms with Crippen LogP contribution in [-0.4, -0.2) is 0 Å². The minimum atomic E-state index is 0.0388. The first-order valence-corrected chi connectivity index (χ1v) is 7.10. The Kier molecular flexibility index (Phi) is 4.85. The minimum Gasteiger partial charge on any atom is -0.464 e. The van der Waals surface area contributed by atoms with Gasteiger partial charge in [0.1, 0.15) is 5.75 Å². The Labute approximate surface area is 121 Å². The summed E-state index contributed by atoms with van der Waals surface area (Å²) >= 11 is 7.07. The van der Waals surface area contributed by atoms with Crippen molar-refractivity contribution in [2.45, 2.75) is 40.0 Å². The van der Waals surface area contributed by atoms with Crippen LogP contribution in [0.15, 0.2) is 32.9 Å². The maximum Gasteiger partial charge on any atom is 0.144 e. The van der Waals surface area contributed by atoms with Gasteiger partial charge in [-0.15, -0.1) is 0 Å². The van der Waals surface area contributed by atoms with Crippen LogP contribution in [0, 0.1) is 0 Å². The van der Waals surface area contributed by atoms with Crippen LogP contribution >= 0.6 is 31.9 Å². The molecule has 94 valence electrons. The molecule has 0 amide bonds. The van der Waals surface area contributed by atoms with Crippen LogP contribution < -0.4 is 4.74 Å². The second kappa shape index (κ2) is 5.57. The summed E-state index contributed by atoms with van der Waals surface area (Å²) < 4.78 is 7.80. The van der Waals surface area contributed by atoms with Gasteiger partial charge in [-0.3, -0.25) is 0 Å². The third kappa shape index (κ3) is 4.14. The summed E-state index contributed by atoms with van der Waals surface area (Å²) in [5.41, 5.74) is 2.35. The van der Waals surface area contributed by atoms with Gasteiger partial charge in [-0.2, -0.15) is 0 Å². The molecule has 1 nitrogen and oxygen atoms in total. The Hall–Kier alpha value is -0.280. The van der Waals surface area contributed by atoms with Gasteiger partial charge >= 0.3 is 0 Å². The van der Waals surface area contributed by atoms with Crippen molar-refractivity contribution in [1.29, 1.82) is 0 Å². The zero-order valence-electron chi connectivity index (χ0n) is 10.9. The van der Waals surface area contributed by atoms with Gasteiger partial charge in [0, 0.05) is 10.0 Å². The molecule has 0 N–H and O–H groups in total. The van der Waals surface area contributed by atoms with Crippen molar-refractivity contribution in [3.8, 4) is 5.75 Å². The number of benzene rings is 1. The molecule has 1 aromatic rings. The van der Waals surface area contributed by atoms with Crippen molar-refractivity contribution in [2.24, 2.45) is 0 Å². The van der Waals surface area contributed by atoms with Crippen molar-refractivity contribution in [3.63, 3.8) is 0 Å². The molecule has 0 heterocycles. The lowest BCUT2D eigenvalue weighted by Gasteiger charge is -2.23. The smallest absolute Gasteiger partial charge is 0.144 e. The van der Waals surface area contributed by atoms with Crippen LogP contribution in [0.5, 0.6) is 5.75 Å². The van der Waals surface area contributed by atoms with E-state index in [4.69, 9.17) is 4.74 Å². The molecule has 0 aliphatic heterocycles. The lowest BCUT2D eigenvalue weighted by molar-refractivity contribution is 0.446. The predicted octanol–water partition coefficient (Wildman–Crippen LogP) is 5.81. The topological polar surface area (TPSA) is 9.23 Å². The number of hydrogen-bond donors (Lipinski definition) is 0. The second-order valence-corrected chi connectivity index (χ2v) is 7.10. The Bertz CT molecular complexity index is 438. The SMILES string of the molecule is CC(C)=COc1c(Br)cc(Br)cc1C(C)(C)C. The van der Waals surface area contributed by atoms with Crippen molar-refractivity contribution in [2.75, 3.05) is 0 Å². The predicted molar refractivity (Wildman–Crippen MR) is 80.6 cm³/mol. The first-order chi connectivity index (χ1) is 7.71. The third-order valence-corrected chi connectivity index (χ3v) is 3.28. The van der Waals surface area contributed by atoms with Crippen LogP contribution in [0.4, 0.5) is 0 Å². The van der Waals surface area contributed by atoms with Crippen LogP contribution in [0.1, 0.15) is 40.2 Å². The summed E-state index contributed by atoms with van der Waals surface area (Å²) in [6.07, 6.45) is 1.78. The summed E-state index contributed by atoms with van der Waals surface area (Å²) in [5, 5.41) is 0. The van der Waals surface area contributed by atoms with Gasteiger partial charge in [0.2, 0.25) is 0 Å². The van der Waals surface area contributed by atoms with E-state index in [0.717, 1.165) is 20.3 Å². The summed E-state index contributed by atoms with van der Waals surface area (Å²) in [6.45, 7) is 10.6. The van der Waals surface area contributed by atoms with E-state index in [1.54, 1.807) is 6.26 Å². The lowest BCUT2D eigenvalue weighted by atomic mass is 9.86. The highest BCUT2D eigenvalue weighted by Crippen LogP contribution is 2.39. The molecule has 0 unspecified atom stereocenters. The standard InChI is InChI=1S/C14H18Br2O/c1-9(2)8-17-13-11(14(3,4)5)6-10(15)7-12(13)16/h6-8H,1-5H3. The average Bonchev–Trinajstić information content (AvgIpc) is 2.13. The van der Waals surface area contributed by atoms with Crippen molar-refractivity contribution in [1.82, 2.24) is 0 Å². The molecule has 0 radical (unpaired) electrons. The molecule has 17 heavy (non-hydrogen) atoms. The highest BCUT2D eigenvalue weighted by molar-refractivity contribution is 9.11. The normalized spacial score (nSPS) is 11.2. The van der Waals surface area contributed by atoms with Gasteiger partial charge in [0.25, 0.3) is 0 Å². The Balaban J connectivity index is 3.31. The van der Waals surface area contributed by atoms with E-state index in [0.29, 0.717) is 0 Å². The van der Waals surface area contributed by atoms with Crippen LogP contribution in [0.3, 0.4) is 0 Å². The fourth-order valence-electron chi connectivity index (χ4n) is 1.41. The molecule has 0 saturated carbocycles. The molecule has 1 aromatic carbocycles. The highest BCUT2D eigenvalue weighted by atomic mass is 79.9. The highest BCUT2D eigenvalue weighted by Gasteiger charge is 2.21. The van der Waals surface area contributed by atoms with Gasteiger partial charge in [0.05, 0.1) is 10.7 Å². The molecular weight excluding hydrogens is 344 g/mol. The molecule has 3 heteroatoms. The molecular formula is C14H18Br2O. The molecule has 0 aromatic heterocycles. The Morgan fingerprint density at radius 1 is 1.18 bits per heavy atom.